The van der Waals surface area contributed by atoms with Crippen LogP contribution < -0.4 is 5.32 Å². The molecule has 116 valence electrons. The van der Waals surface area contributed by atoms with Crippen molar-refractivity contribution in [1.29, 1.82) is 0 Å². The monoisotopic (exact) mass is 289 g/mol. The van der Waals surface area contributed by atoms with Crippen molar-refractivity contribution in [3.63, 3.8) is 0 Å². The highest BCUT2D eigenvalue weighted by molar-refractivity contribution is 5.78. The second kappa shape index (κ2) is 7.05. The van der Waals surface area contributed by atoms with Gasteiger partial charge < -0.3 is 10.2 Å². The van der Waals surface area contributed by atoms with Gasteiger partial charge in [-0.3, -0.25) is 9.69 Å². The Kier molecular flexibility index (Phi) is 5.37. The zero-order chi connectivity index (χ0) is 15.3. The van der Waals surface area contributed by atoms with Gasteiger partial charge in [-0.25, -0.2) is 0 Å². The molecule has 0 radical (unpaired) electrons. The molecule has 1 heterocycles. The second-order valence-corrected chi connectivity index (χ2v) is 6.52. The van der Waals surface area contributed by atoms with E-state index in [1.807, 2.05) is 25.1 Å². The van der Waals surface area contributed by atoms with Crippen LogP contribution in [0.2, 0.25) is 0 Å². The normalized spacial score (nSPS) is 22.7. The number of nitrogens with one attached hydrogen (secondary N) is 1. The van der Waals surface area contributed by atoms with Crippen molar-refractivity contribution in [1.82, 2.24) is 15.1 Å². The van der Waals surface area contributed by atoms with E-state index in [0.29, 0.717) is 6.54 Å². The number of hydrogen-bond donors (Lipinski definition) is 1. The summed E-state index contributed by atoms with van der Waals surface area (Å²) in [7, 11) is 3.83. The number of nitrogens with zero attached hydrogens (tertiary/aromatic N) is 2. The predicted molar refractivity (Wildman–Crippen MR) is 86.1 cm³/mol. The highest BCUT2D eigenvalue weighted by Crippen LogP contribution is 2.29. The molecular weight excluding hydrogens is 262 g/mol. The third kappa shape index (κ3) is 4.55. The minimum Gasteiger partial charge on any atom is -0.353 e. The maximum absolute atomic E-state index is 11.8. The van der Waals surface area contributed by atoms with E-state index in [-0.39, 0.29) is 11.4 Å². The first-order chi connectivity index (χ1) is 9.99. The molecule has 0 aliphatic carbocycles. The fraction of sp³-hybridized carbons (Fsp3) is 0.588. The molecule has 1 N–H and O–H groups in total. The summed E-state index contributed by atoms with van der Waals surface area (Å²) in [6.07, 6.45) is 2.34. The van der Waals surface area contributed by atoms with E-state index in [1.54, 1.807) is 0 Å². The van der Waals surface area contributed by atoms with Crippen LogP contribution in [-0.2, 0) is 11.3 Å². The zero-order valence-electron chi connectivity index (χ0n) is 13.4. The Hall–Kier alpha value is -1.39. The number of carbonyl (C=O) groups is 1. The molecule has 4 nitrogen and oxygen atoms in total. The van der Waals surface area contributed by atoms with Crippen LogP contribution in [0.1, 0.15) is 25.3 Å². The lowest BCUT2D eigenvalue weighted by atomic mass is 9.98. The number of likely N-dealkylation sites (tertiary alicyclic amines) is 1. The van der Waals surface area contributed by atoms with Gasteiger partial charge in [-0.1, -0.05) is 30.3 Å². The van der Waals surface area contributed by atoms with Crippen molar-refractivity contribution < 1.29 is 4.79 Å². The third-order valence-corrected chi connectivity index (χ3v) is 4.25. The highest BCUT2D eigenvalue weighted by Gasteiger charge is 2.36. The Morgan fingerprint density at radius 3 is 2.71 bits per heavy atom. The van der Waals surface area contributed by atoms with Crippen molar-refractivity contribution in [2.45, 2.75) is 31.8 Å². The minimum absolute atomic E-state index is 0.0673. The van der Waals surface area contributed by atoms with Gasteiger partial charge in [-0.05, 0) is 46.0 Å². The molecule has 1 saturated heterocycles. The molecule has 1 aliphatic heterocycles. The molecule has 0 saturated carbocycles. The fourth-order valence-corrected chi connectivity index (χ4v) is 2.98. The topological polar surface area (TPSA) is 35.6 Å². The maximum atomic E-state index is 11.8. The number of amides is 1. The molecule has 1 aromatic rings. The Bertz CT molecular complexity index is 460. The Morgan fingerprint density at radius 1 is 1.33 bits per heavy atom. The summed E-state index contributed by atoms with van der Waals surface area (Å²) in [5.74, 6) is 0.104. The minimum atomic E-state index is 0.0673. The number of rotatable bonds is 6. The maximum Gasteiger partial charge on any atom is 0.234 e. The van der Waals surface area contributed by atoms with Gasteiger partial charge in [0.1, 0.15) is 0 Å². The van der Waals surface area contributed by atoms with E-state index >= 15 is 0 Å². The molecule has 1 amide bonds. The van der Waals surface area contributed by atoms with Gasteiger partial charge in [0, 0.05) is 18.6 Å². The molecule has 1 aliphatic rings. The Labute approximate surface area is 128 Å². The lowest BCUT2D eigenvalue weighted by molar-refractivity contribution is -0.122. The van der Waals surface area contributed by atoms with E-state index in [1.165, 1.54) is 12.0 Å². The van der Waals surface area contributed by atoms with Crippen LogP contribution in [0.15, 0.2) is 30.3 Å². The lowest BCUT2D eigenvalue weighted by Crippen LogP contribution is -2.50. The summed E-state index contributed by atoms with van der Waals surface area (Å²) < 4.78 is 0. The summed E-state index contributed by atoms with van der Waals surface area (Å²) in [5, 5.41) is 3.09. The highest BCUT2D eigenvalue weighted by atomic mass is 16.2. The summed E-state index contributed by atoms with van der Waals surface area (Å²) in [5.41, 5.74) is 1.41. The van der Waals surface area contributed by atoms with Crippen molar-refractivity contribution in [2.24, 2.45) is 0 Å². The molecule has 0 spiro atoms. The molecular formula is C17H27N3O. The molecule has 1 aromatic carbocycles. The third-order valence-electron chi connectivity index (χ3n) is 4.25. The van der Waals surface area contributed by atoms with Gasteiger partial charge in [-0.15, -0.1) is 0 Å². The van der Waals surface area contributed by atoms with E-state index in [2.05, 4.69) is 41.4 Å². The van der Waals surface area contributed by atoms with Crippen molar-refractivity contribution in [2.75, 3.05) is 33.7 Å². The van der Waals surface area contributed by atoms with E-state index in [9.17, 15) is 4.79 Å². The molecule has 0 aromatic heterocycles. The van der Waals surface area contributed by atoms with Gasteiger partial charge in [0.25, 0.3) is 0 Å². The zero-order valence-corrected chi connectivity index (χ0v) is 13.4. The summed E-state index contributed by atoms with van der Waals surface area (Å²) in [6, 6.07) is 10.6. The Balaban J connectivity index is 1.91. The second-order valence-electron chi connectivity index (χ2n) is 6.52. The van der Waals surface area contributed by atoms with Gasteiger partial charge in [0.2, 0.25) is 5.91 Å². The van der Waals surface area contributed by atoms with E-state index < -0.39 is 0 Å². The predicted octanol–water partition coefficient (Wildman–Crippen LogP) is 1.72. The standard InChI is InChI=1S/C17H27N3O/c1-17(14-18-16(21)13-19(2)3)10-7-11-20(17)12-15-8-5-4-6-9-15/h4-6,8-9H,7,10-14H2,1-3H3,(H,18,21)/t17-/m0/s1. The van der Waals surface area contributed by atoms with Crippen LogP contribution in [0.25, 0.3) is 0 Å². The van der Waals surface area contributed by atoms with E-state index in [0.717, 1.165) is 26.1 Å². The first kappa shape index (κ1) is 16.0. The van der Waals surface area contributed by atoms with Crippen LogP contribution in [-0.4, -0.2) is 55.0 Å². The summed E-state index contributed by atoms with van der Waals surface area (Å²) in [4.78, 5) is 16.2. The lowest BCUT2D eigenvalue weighted by Gasteiger charge is -2.35. The number of benzene rings is 1. The quantitative estimate of drug-likeness (QED) is 0.866. The molecule has 2 rings (SSSR count). The van der Waals surface area contributed by atoms with Gasteiger partial charge in [-0.2, -0.15) is 0 Å². The first-order valence-electron chi connectivity index (χ1n) is 7.70. The summed E-state index contributed by atoms with van der Waals surface area (Å²) >= 11 is 0. The van der Waals surface area contributed by atoms with Crippen LogP contribution in [0, 0.1) is 0 Å². The molecule has 0 unspecified atom stereocenters. The molecule has 1 fully saturated rings. The summed E-state index contributed by atoms with van der Waals surface area (Å²) in [6.45, 7) is 5.51. The van der Waals surface area contributed by atoms with Crippen LogP contribution >= 0.6 is 0 Å². The van der Waals surface area contributed by atoms with Gasteiger partial charge in [0.15, 0.2) is 0 Å². The molecule has 4 heteroatoms. The fourth-order valence-electron chi connectivity index (χ4n) is 2.98. The van der Waals surface area contributed by atoms with Crippen molar-refractivity contribution in [3.05, 3.63) is 35.9 Å². The average Bonchev–Trinajstić information content (AvgIpc) is 2.79. The smallest absolute Gasteiger partial charge is 0.234 e. The van der Waals surface area contributed by atoms with Crippen molar-refractivity contribution in [3.8, 4) is 0 Å². The van der Waals surface area contributed by atoms with E-state index in [4.69, 9.17) is 0 Å². The first-order valence-corrected chi connectivity index (χ1v) is 7.70. The molecule has 0 bridgehead atoms. The largest absolute Gasteiger partial charge is 0.353 e. The van der Waals surface area contributed by atoms with Crippen LogP contribution in [0.5, 0.6) is 0 Å². The SMILES string of the molecule is CN(C)CC(=O)NC[C@]1(C)CCCN1Cc1ccccc1. The van der Waals surface area contributed by atoms with Crippen LogP contribution in [0.3, 0.4) is 0 Å². The van der Waals surface area contributed by atoms with Crippen molar-refractivity contribution >= 4 is 5.91 Å². The molecule has 21 heavy (non-hydrogen) atoms. The number of carbonyl (C=O) groups excluding carboxylic acids is 1. The number of hydrogen-bond acceptors (Lipinski definition) is 3. The van der Waals surface area contributed by atoms with Gasteiger partial charge in [0.05, 0.1) is 6.54 Å². The van der Waals surface area contributed by atoms with Gasteiger partial charge >= 0.3 is 0 Å². The molecule has 1 atom stereocenters. The average molecular weight is 289 g/mol. The van der Waals surface area contributed by atoms with Crippen LogP contribution in [0.4, 0.5) is 0 Å². The Morgan fingerprint density at radius 2 is 2.05 bits per heavy atom. The number of likely N-dealkylation sites (N-methyl/N-ethyl adjacent to an activating group) is 1.